The number of nitrogens with zero attached hydrogens (tertiary/aromatic N) is 2. The molecular formula is C20H25N3O2. The Morgan fingerprint density at radius 1 is 1.12 bits per heavy atom. The van der Waals surface area contributed by atoms with Crippen molar-refractivity contribution in [3.63, 3.8) is 0 Å². The highest BCUT2D eigenvalue weighted by atomic mass is 16.5. The zero-order valence-corrected chi connectivity index (χ0v) is 15.1. The number of guanidine groups is 1. The molecule has 0 unspecified atom stereocenters. The number of fused-ring (bicyclic) bond motifs is 1. The van der Waals surface area contributed by atoms with Gasteiger partial charge in [0.15, 0.2) is 17.5 Å². The van der Waals surface area contributed by atoms with E-state index < -0.39 is 0 Å². The maximum absolute atomic E-state index is 5.51. The van der Waals surface area contributed by atoms with Crippen LogP contribution in [0.2, 0.25) is 0 Å². The van der Waals surface area contributed by atoms with Crippen molar-refractivity contribution in [2.24, 2.45) is 4.99 Å². The second-order valence-electron chi connectivity index (χ2n) is 5.85. The molecule has 2 aromatic carbocycles. The van der Waals surface area contributed by atoms with Crippen LogP contribution in [0.15, 0.2) is 47.5 Å². The van der Waals surface area contributed by atoms with Crippen LogP contribution in [0.25, 0.3) is 0 Å². The number of rotatable bonds is 5. The van der Waals surface area contributed by atoms with Gasteiger partial charge in [-0.15, -0.1) is 0 Å². The Morgan fingerprint density at radius 3 is 2.72 bits per heavy atom. The van der Waals surface area contributed by atoms with Crippen LogP contribution in [0.1, 0.15) is 18.1 Å². The first-order valence-corrected chi connectivity index (χ1v) is 8.62. The van der Waals surface area contributed by atoms with Crippen molar-refractivity contribution in [1.29, 1.82) is 0 Å². The maximum Gasteiger partial charge on any atom is 0.198 e. The lowest BCUT2D eigenvalue weighted by atomic mass is 10.2. The van der Waals surface area contributed by atoms with E-state index in [1.165, 1.54) is 11.3 Å². The van der Waals surface area contributed by atoms with Crippen molar-refractivity contribution >= 4 is 11.6 Å². The van der Waals surface area contributed by atoms with Gasteiger partial charge in [0.25, 0.3) is 0 Å². The number of anilines is 1. The summed E-state index contributed by atoms with van der Waals surface area (Å²) in [6.07, 6.45) is 1.04. The summed E-state index contributed by atoms with van der Waals surface area (Å²) in [4.78, 5) is 7.10. The van der Waals surface area contributed by atoms with Gasteiger partial charge in [-0.25, -0.2) is 4.99 Å². The van der Waals surface area contributed by atoms with Crippen LogP contribution < -0.4 is 19.7 Å². The molecule has 1 N–H and O–H groups in total. The molecule has 0 spiro atoms. The van der Waals surface area contributed by atoms with Crippen LogP contribution >= 0.6 is 0 Å². The molecule has 1 heterocycles. The van der Waals surface area contributed by atoms with Gasteiger partial charge in [0.1, 0.15) is 0 Å². The largest absolute Gasteiger partial charge is 0.493 e. The van der Waals surface area contributed by atoms with Crippen molar-refractivity contribution in [2.45, 2.75) is 19.9 Å². The van der Waals surface area contributed by atoms with E-state index in [0.29, 0.717) is 6.54 Å². The Balaban J connectivity index is 1.88. The fourth-order valence-electron chi connectivity index (χ4n) is 3.19. The lowest BCUT2D eigenvalue weighted by Crippen LogP contribution is -2.40. The minimum Gasteiger partial charge on any atom is -0.493 e. The Labute approximate surface area is 149 Å². The Bertz CT molecular complexity index is 758. The third-order valence-electron chi connectivity index (χ3n) is 4.36. The van der Waals surface area contributed by atoms with Crippen LogP contribution in [-0.4, -0.2) is 33.3 Å². The molecule has 1 aliphatic rings. The first kappa shape index (κ1) is 17.1. The predicted molar refractivity (Wildman–Crippen MR) is 102 cm³/mol. The molecule has 5 heteroatoms. The van der Waals surface area contributed by atoms with Crippen LogP contribution in [0.4, 0.5) is 5.69 Å². The monoisotopic (exact) mass is 339 g/mol. The minimum atomic E-state index is 0.529. The molecule has 0 atom stereocenters. The Hall–Kier alpha value is -2.69. The third kappa shape index (κ3) is 3.55. The Morgan fingerprint density at radius 2 is 1.96 bits per heavy atom. The predicted octanol–water partition coefficient (Wildman–Crippen LogP) is 3.23. The number of hydrogen-bond acceptors (Lipinski definition) is 3. The standard InChI is InChI=1S/C20H25N3O2/c1-4-21-20(23-13-12-15-8-5-6-10-17(15)23)22-14-16-9-7-11-18(24-2)19(16)25-3/h5-11H,4,12-14H2,1-3H3,(H,21,22). The highest BCUT2D eigenvalue weighted by Crippen LogP contribution is 2.31. The lowest BCUT2D eigenvalue weighted by molar-refractivity contribution is 0.352. The normalized spacial score (nSPS) is 13.6. The molecule has 5 nitrogen and oxygen atoms in total. The van der Waals surface area contributed by atoms with Gasteiger partial charge in [-0.05, 0) is 31.0 Å². The molecule has 0 saturated heterocycles. The number of hydrogen-bond donors (Lipinski definition) is 1. The second kappa shape index (κ2) is 7.92. The van der Waals surface area contributed by atoms with Crippen LogP contribution in [0.3, 0.4) is 0 Å². The number of ether oxygens (including phenoxy) is 2. The van der Waals surface area contributed by atoms with Crippen molar-refractivity contribution in [3.8, 4) is 11.5 Å². The van der Waals surface area contributed by atoms with E-state index in [1.807, 2.05) is 18.2 Å². The molecule has 132 valence electrons. The van der Waals surface area contributed by atoms with Gasteiger partial charge in [-0.2, -0.15) is 0 Å². The zero-order valence-electron chi connectivity index (χ0n) is 15.1. The summed E-state index contributed by atoms with van der Waals surface area (Å²) in [5.74, 6) is 2.37. The number of methoxy groups -OCH3 is 2. The quantitative estimate of drug-likeness (QED) is 0.671. The van der Waals surface area contributed by atoms with E-state index in [9.17, 15) is 0 Å². The molecule has 2 aromatic rings. The molecule has 3 rings (SSSR count). The first-order chi connectivity index (χ1) is 12.3. The third-order valence-corrected chi connectivity index (χ3v) is 4.36. The first-order valence-electron chi connectivity index (χ1n) is 8.62. The molecule has 0 aliphatic carbocycles. The van der Waals surface area contributed by atoms with E-state index in [4.69, 9.17) is 14.5 Å². The molecule has 0 amide bonds. The van der Waals surface area contributed by atoms with Gasteiger partial charge in [-0.1, -0.05) is 30.3 Å². The maximum atomic E-state index is 5.51. The Kier molecular flexibility index (Phi) is 5.43. The number of nitrogens with one attached hydrogen (secondary N) is 1. The molecule has 0 saturated carbocycles. The highest BCUT2D eigenvalue weighted by molar-refractivity contribution is 5.98. The minimum absolute atomic E-state index is 0.529. The zero-order chi connectivity index (χ0) is 17.6. The summed E-state index contributed by atoms with van der Waals surface area (Å²) >= 11 is 0. The molecule has 0 radical (unpaired) electrons. The van der Waals surface area contributed by atoms with Crippen molar-refractivity contribution in [1.82, 2.24) is 5.32 Å². The summed E-state index contributed by atoms with van der Waals surface area (Å²) in [5, 5.41) is 3.41. The SMILES string of the molecule is CCNC(=NCc1cccc(OC)c1OC)N1CCc2ccccc21. The molecule has 0 aromatic heterocycles. The number of aliphatic imine (C=N–C) groups is 1. The summed E-state index contributed by atoms with van der Waals surface area (Å²) in [7, 11) is 3.31. The van der Waals surface area contributed by atoms with Gasteiger partial charge in [0.2, 0.25) is 0 Å². The second-order valence-corrected chi connectivity index (χ2v) is 5.85. The van der Waals surface area contributed by atoms with Gasteiger partial charge < -0.3 is 19.7 Å². The molecular weight excluding hydrogens is 314 g/mol. The summed E-state index contributed by atoms with van der Waals surface area (Å²) in [5.41, 5.74) is 3.61. The fraction of sp³-hybridized carbons (Fsp3) is 0.350. The van der Waals surface area contributed by atoms with E-state index >= 15 is 0 Å². The lowest BCUT2D eigenvalue weighted by Gasteiger charge is -2.22. The van der Waals surface area contributed by atoms with Crippen molar-refractivity contribution in [2.75, 3.05) is 32.2 Å². The van der Waals surface area contributed by atoms with Crippen LogP contribution in [0, 0.1) is 0 Å². The average molecular weight is 339 g/mol. The van der Waals surface area contributed by atoms with Gasteiger partial charge in [0, 0.05) is 24.3 Å². The van der Waals surface area contributed by atoms with E-state index in [1.54, 1.807) is 14.2 Å². The van der Waals surface area contributed by atoms with Gasteiger partial charge in [-0.3, -0.25) is 0 Å². The topological polar surface area (TPSA) is 46.1 Å². The summed E-state index contributed by atoms with van der Waals surface area (Å²) < 4.78 is 10.9. The average Bonchev–Trinajstić information content (AvgIpc) is 3.08. The van der Waals surface area contributed by atoms with E-state index in [0.717, 1.165) is 42.5 Å². The molecule has 0 fully saturated rings. The van der Waals surface area contributed by atoms with E-state index in [-0.39, 0.29) is 0 Å². The number of benzene rings is 2. The molecule has 0 bridgehead atoms. The van der Waals surface area contributed by atoms with Gasteiger partial charge in [0.05, 0.1) is 20.8 Å². The van der Waals surface area contributed by atoms with E-state index in [2.05, 4.69) is 41.4 Å². The summed E-state index contributed by atoms with van der Waals surface area (Å²) in [6.45, 7) is 4.39. The van der Waals surface area contributed by atoms with Crippen molar-refractivity contribution in [3.05, 3.63) is 53.6 Å². The molecule has 25 heavy (non-hydrogen) atoms. The molecule has 1 aliphatic heterocycles. The van der Waals surface area contributed by atoms with Crippen LogP contribution in [-0.2, 0) is 13.0 Å². The highest BCUT2D eigenvalue weighted by Gasteiger charge is 2.22. The van der Waals surface area contributed by atoms with Crippen molar-refractivity contribution < 1.29 is 9.47 Å². The smallest absolute Gasteiger partial charge is 0.198 e. The summed E-state index contributed by atoms with van der Waals surface area (Å²) in [6, 6.07) is 14.4. The fourth-order valence-corrected chi connectivity index (χ4v) is 3.19. The van der Waals surface area contributed by atoms with Gasteiger partial charge >= 0.3 is 0 Å². The number of para-hydroxylation sites is 2. The van der Waals surface area contributed by atoms with Crippen LogP contribution in [0.5, 0.6) is 11.5 Å².